The van der Waals surface area contributed by atoms with E-state index in [-0.39, 0.29) is 48.7 Å². The van der Waals surface area contributed by atoms with E-state index in [1.54, 1.807) is 52.0 Å². The highest BCUT2D eigenvalue weighted by molar-refractivity contribution is 6.06. The number of hydrogen-bond donors (Lipinski definition) is 3. The summed E-state index contributed by atoms with van der Waals surface area (Å²) >= 11 is 0. The van der Waals surface area contributed by atoms with Gasteiger partial charge in [-0.05, 0) is 89.1 Å². The molecule has 12 heteroatoms. The second-order valence-corrected chi connectivity index (χ2v) is 10.5. The van der Waals surface area contributed by atoms with Gasteiger partial charge in [0.25, 0.3) is 5.91 Å². The lowest BCUT2D eigenvalue weighted by molar-refractivity contribution is -0.173. The Labute approximate surface area is 249 Å². The first-order valence-corrected chi connectivity index (χ1v) is 13.5. The van der Waals surface area contributed by atoms with Crippen molar-refractivity contribution < 1.29 is 43.3 Å². The number of hydrogen-bond acceptors (Lipinski definition) is 9. The number of carbonyl (C=O) groups excluding carboxylic acids is 4. The summed E-state index contributed by atoms with van der Waals surface area (Å²) in [6, 6.07) is 10.6. The molecule has 0 spiro atoms. The average Bonchev–Trinajstić information content (AvgIpc) is 2.91. The number of nitrogens with two attached hydrogens (primary N) is 1. The van der Waals surface area contributed by atoms with Gasteiger partial charge in [-0.1, -0.05) is 12.1 Å². The molecule has 0 fully saturated rings. The lowest BCUT2D eigenvalue weighted by atomic mass is 10.1. The van der Waals surface area contributed by atoms with Gasteiger partial charge in [-0.2, -0.15) is 0 Å². The van der Waals surface area contributed by atoms with Crippen LogP contribution in [0.4, 0.5) is 0 Å². The zero-order valence-corrected chi connectivity index (χ0v) is 24.8. The van der Waals surface area contributed by atoms with Crippen LogP contribution >= 0.6 is 0 Å². The topological polar surface area (TPSA) is 186 Å². The van der Waals surface area contributed by atoms with E-state index in [1.807, 2.05) is 0 Å². The van der Waals surface area contributed by atoms with Crippen LogP contribution in [0.5, 0.6) is 5.75 Å². The molecule has 0 aliphatic carbocycles. The number of amides is 1. The molecule has 0 aliphatic rings. The molecule has 0 bridgehead atoms. The minimum Gasteiger partial charge on any atom is -0.481 e. The summed E-state index contributed by atoms with van der Waals surface area (Å²) in [5.41, 5.74) is 5.85. The van der Waals surface area contributed by atoms with E-state index in [0.29, 0.717) is 11.1 Å². The Morgan fingerprint density at radius 3 is 2.07 bits per heavy atom. The lowest BCUT2D eigenvalue weighted by Gasteiger charge is -2.31. The first-order chi connectivity index (χ1) is 20.1. The molecule has 0 aromatic heterocycles. The number of rotatable bonds is 13. The Balaban J connectivity index is 2.30. The standard InChI is InChI=1S/C31H37N3O9/c1-6-41-29(39)25(30(40)43-31(3,4)5)34(17-7-8-24(35)36)27(37)19(2)18-20-9-11-22(12-10-20)28(38)42-23-15-13-21(14-16-23)26(32)33/h9-16,18,25H,6-8,17H2,1-5H3,(H3,32,33)(H,35,36)/b19-18+. The Morgan fingerprint density at radius 1 is 0.977 bits per heavy atom. The highest BCUT2D eigenvalue weighted by Crippen LogP contribution is 2.19. The molecule has 2 aromatic rings. The Bertz CT molecular complexity index is 1370. The molecule has 1 unspecified atom stereocenters. The molecule has 2 rings (SSSR count). The molecule has 12 nitrogen and oxygen atoms in total. The van der Waals surface area contributed by atoms with Crippen molar-refractivity contribution in [2.24, 2.45) is 5.73 Å². The van der Waals surface area contributed by atoms with E-state index in [9.17, 15) is 24.0 Å². The van der Waals surface area contributed by atoms with Crippen LogP contribution in [0.1, 0.15) is 68.9 Å². The Hall–Kier alpha value is -5.00. The highest BCUT2D eigenvalue weighted by atomic mass is 16.6. The maximum absolute atomic E-state index is 13.6. The van der Waals surface area contributed by atoms with E-state index >= 15 is 0 Å². The largest absolute Gasteiger partial charge is 0.481 e. The van der Waals surface area contributed by atoms with Crippen LogP contribution in [0.2, 0.25) is 0 Å². The third-order valence-corrected chi connectivity index (χ3v) is 5.74. The average molecular weight is 596 g/mol. The number of nitrogens with one attached hydrogen (secondary N) is 1. The molecule has 43 heavy (non-hydrogen) atoms. The zero-order valence-electron chi connectivity index (χ0n) is 24.8. The first-order valence-electron chi connectivity index (χ1n) is 13.5. The van der Waals surface area contributed by atoms with E-state index < -0.39 is 41.4 Å². The number of carbonyl (C=O) groups is 5. The fourth-order valence-electron chi connectivity index (χ4n) is 3.80. The van der Waals surface area contributed by atoms with E-state index in [0.717, 1.165) is 4.90 Å². The van der Waals surface area contributed by atoms with E-state index in [1.165, 1.54) is 37.3 Å². The molecule has 1 amide bonds. The first kappa shape index (κ1) is 34.2. The summed E-state index contributed by atoms with van der Waals surface area (Å²) < 4.78 is 15.8. The molecule has 1 atom stereocenters. The number of aliphatic carboxylic acids is 1. The maximum atomic E-state index is 13.6. The Kier molecular flexibility index (Phi) is 12.2. The maximum Gasteiger partial charge on any atom is 0.343 e. The van der Waals surface area contributed by atoms with Crippen molar-refractivity contribution in [3.05, 3.63) is 70.8 Å². The number of benzene rings is 2. The van der Waals surface area contributed by atoms with Crippen molar-refractivity contribution in [1.82, 2.24) is 4.90 Å². The van der Waals surface area contributed by atoms with Gasteiger partial charge >= 0.3 is 23.9 Å². The van der Waals surface area contributed by atoms with Gasteiger partial charge in [-0.15, -0.1) is 0 Å². The van der Waals surface area contributed by atoms with Gasteiger partial charge in [-0.3, -0.25) is 15.0 Å². The second kappa shape index (κ2) is 15.3. The van der Waals surface area contributed by atoms with E-state index in [4.69, 9.17) is 30.5 Å². The number of nitrogens with zero attached hydrogens (tertiary/aromatic N) is 1. The van der Waals surface area contributed by atoms with Gasteiger partial charge in [0.1, 0.15) is 17.2 Å². The highest BCUT2D eigenvalue weighted by Gasteiger charge is 2.40. The predicted molar refractivity (Wildman–Crippen MR) is 157 cm³/mol. The van der Waals surface area contributed by atoms with Gasteiger partial charge in [0, 0.05) is 24.1 Å². The summed E-state index contributed by atoms with van der Waals surface area (Å²) in [5.74, 6) is -4.26. The molecule has 0 radical (unpaired) electrons. The quantitative estimate of drug-likeness (QED) is 0.0772. The van der Waals surface area contributed by atoms with Gasteiger partial charge in [0.05, 0.1) is 12.2 Å². The monoisotopic (exact) mass is 595 g/mol. The fourth-order valence-corrected chi connectivity index (χ4v) is 3.80. The van der Waals surface area contributed by atoms with Crippen molar-refractivity contribution in [1.29, 1.82) is 5.41 Å². The van der Waals surface area contributed by atoms with Crippen molar-refractivity contribution in [3.63, 3.8) is 0 Å². The fraction of sp³-hybridized carbons (Fsp3) is 0.355. The second-order valence-electron chi connectivity index (χ2n) is 10.5. The van der Waals surface area contributed by atoms with E-state index in [2.05, 4.69) is 0 Å². The van der Waals surface area contributed by atoms with Crippen LogP contribution in [0.25, 0.3) is 6.08 Å². The normalized spacial score (nSPS) is 12.1. The number of esters is 3. The summed E-state index contributed by atoms with van der Waals surface area (Å²) in [5, 5.41) is 16.5. The zero-order chi connectivity index (χ0) is 32.3. The van der Waals surface area contributed by atoms with Crippen LogP contribution < -0.4 is 10.5 Å². The van der Waals surface area contributed by atoms with Crippen molar-refractivity contribution in [3.8, 4) is 5.75 Å². The van der Waals surface area contributed by atoms with Crippen LogP contribution in [0, 0.1) is 5.41 Å². The molecule has 0 heterocycles. The van der Waals surface area contributed by atoms with Crippen molar-refractivity contribution in [2.45, 2.75) is 59.1 Å². The molecule has 230 valence electrons. The number of amidine groups is 1. The molecule has 0 aliphatic heterocycles. The van der Waals surface area contributed by atoms with Gasteiger partial charge in [0.15, 0.2) is 0 Å². The third kappa shape index (κ3) is 10.7. The molecule has 0 saturated heterocycles. The minimum absolute atomic E-state index is 0.0264. The van der Waals surface area contributed by atoms with Gasteiger partial charge < -0.3 is 30.0 Å². The van der Waals surface area contributed by atoms with Gasteiger partial charge in [0.2, 0.25) is 6.04 Å². The third-order valence-electron chi connectivity index (χ3n) is 5.74. The summed E-state index contributed by atoms with van der Waals surface area (Å²) in [7, 11) is 0. The predicted octanol–water partition coefficient (Wildman–Crippen LogP) is 3.56. The van der Waals surface area contributed by atoms with Crippen LogP contribution in [0.3, 0.4) is 0 Å². The number of carboxylic acids is 1. The number of carboxylic acid groups (broad SMARTS) is 1. The summed E-state index contributed by atoms with van der Waals surface area (Å²) in [6.07, 6.45) is 1.18. The van der Waals surface area contributed by atoms with Crippen molar-refractivity contribution in [2.75, 3.05) is 13.2 Å². The van der Waals surface area contributed by atoms with Crippen LogP contribution in [-0.2, 0) is 28.7 Å². The lowest BCUT2D eigenvalue weighted by Crippen LogP contribution is -2.53. The van der Waals surface area contributed by atoms with Gasteiger partial charge in [-0.25, -0.2) is 14.4 Å². The number of ether oxygens (including phenoxy) is 3. The summed E-state index contributed by atoms with van der Waals surface area (Å²) in [6.45, 7) is 7.58. The van der Waals surface area contributed by atoms with Crippen LogP contribution in [-0.4, -0.2) is 70.4 Å². The SMILES string of the molecule is CCOC(=O)C(C(=O)OC(C)(C)C)N(CCCC(=O)O)C(=O)/C(C)=C/c1ccc(C(=O)Oc2ccc(C(=N)N)cc2)cc1. The molecule has 0 saturated carbocycles. The van der Waals surface area contributed by atoms with Crippen molar-refractivity contribution >= 4 is 41.7 Å². The smallest absolute Gasteiger partial charge is 0.343 e. The number of nitrogen functional groups attached to an aromatic ring is 1. The molecule has 4 N–H and O–H groups in total. The molecular weight excluding hydrogens is 558 g/mol. The minimum atomic E-state index is -1.74. The molecule has 2 aromatic carbocycles. The summed E-state index contributed by atoms with van der Waals surface area (Å²) in [4.78, 5) is 64.2. The Morgan fingerprint density at radius 2 is 1.56 bits per heavy atom. The van der Waals surface area contributed by atoms with Crippen LogP contribution in [0.15, 0.2) is 54.1 Å². The molecular formula is C31H37N3O9.